The number of carbonyl (C=O) groups excluding carboxylic acids is 4. The van der Waals surface area contributed by atoms with Crippen LogP contribution in [-0.4, -0.2) is 96.7 Å². The van der Waals surface area contributed by atoms with Crippen molar-refractivity contribution in [2.45, 2.75) is 457 Å². The molecule has 0 fully saturated rings. The fourth-order valence-electron chi connectivity index (χ4n) is 12.8. The van der Waals surface area contributed by atoms with E-state index in [0.29, 0.717) is 25.7 Å². The van der Waals surface area contributed by atoms with Crippen molar-refractivity contribution in [2.24, 2.45) is 5.92 Å². The first kappa shape index (κ1) is 99.1. The lowest BCUT2D eigenvalue weighted by Gasteiger charge is -2.21. The first-order valence-electron chi connectivity index (χ1n) is 42.6. The summed E-state index contributed by atoms with van der Waals surface area (Å²) < 4.78 is 68.7. The number of esters is 4. The molecule has 17 nitrogen and oxygen atoms in total. The van der Waals surface area contributed by atoms with Crippen LogP contribution in [0.2, 0.25) is 0 Å². The lowest BCUT2D eigenvalue weighted by atomic mass is 10.0. The van der Waals surface area contributed by atoms with Gasteiger partial charge >= 0.3 is 39.5 Å². The number of hydrogen-bond donors (Lipinski definition) is 3. The Balaban J connectivity index is 5.21. The van der Waals surface area contributed by atoms with Crippen molar-refractivity contribution in [1.29, 1.82) is 0 Å². The van der Waals surface area contributed by atoms with E-state index >= 15 is 0 Å². The first-order valence-corrected chi connectivity index (χ1v) is 45.6. The van der Waals surface area contributed by atoms with E-state index in [2.05, 4.69) is 34.6 Å². The average Bonchev–Trinajstić information content (AvgIpc) is 0.954. The summed E-state index contributed by atoms with van der Waals surface area (Å²) in [6.07, 6.45) is 66.6. The molecule has 600 valence electrons. The third kappa shape index (κ3) is 76.1. The lowest BCUT2D eigenvalue weighted by Crippen LogP contribution is -2.30. The molecular formula is C82H160O17P2. The predicted octanol–water partition coefficient (Wildman–Crippen LogP) is 24.8. The van der Waals surface area contributed by atoms with Gasteiger partial charge in [-0.05, 0) is 31.6 Å². The Kier molecular flexibility index (Phi) is 73.5. The SMILES string of the molecule is CCCCCCCCCCCCCCCCCCCCCCC(=O)O[C@H](COC(=O)CCCCCCCCCCCCCCCCCCC)COP(=O)(O)OC[C@@H](O)COP(=O)(O)OC[C@@H](COC(=O)CCCCCCCCCCC)OC(=O)CCCCCCCCCCCCCCC(C)C. The zero-order valence-corrected chi connectivity index (χ0v) is 67.8. The zero-order valence-electron chi connectivity index (χ0n) is 66.1. The smallest absolute Gasteiger partial charge is 0.462 e. The van der Waals surface area contributed by atoms with Gasteiger partial charge < -0.3 is 33.8 Å². The maximum absolute atomic E-state index is 13.1. The summed E-state index contributed by atoms with van der Waals surface area (Å²) >= 11 is 0. The maximum Gasteiger partial charge on any atom is 0.472 e. The Bertz CT molecular complexity index is 1930. The fraction of sp³-hybridized carbons (Fsp3) is 0.951. The van der Waals surface area contributed by atoms with Crippen molar-refractivity contribution >= 4 is 39.5 Å². The summed E-state index contributed by atoms with van der Waals surface area (Å²) in [7, 11) is -9.92. The summed E-state index contributed by atoms with van der Waals surface area (Å²) in [6, 6.07) is 0. The van der Waals surface area contributed by atoms with Crippen molar-refractivity contribution in [2.75, 3.05) is 39.6 Å². The van der Waals surface area contributed by atoms with E-state index in [1.54, 1.807) is 0 Å². The third-order valence-electron chi connectivity index (χ3n) is 19.3. The molecule has 0 amide bonds. The highest BCUT2D eigenvalue weighted by molar-refractivity contribution is 7.47. The predicted molar refractivity (Wildman–Crippen MR) is 414 cm³/mol. The van der Waals surface area contributed by atoms with Crippen LogP contribution in [0.25, 0.3) is 0 Å². The van der Waals surface area contributed by atoms with E-state index in [4.69, 9.17) is 37.0 Å². The Morgan fingerprint density at radius 2 is 0.455 bits per heavy atom. The Hall–Kier alpha value is -1.94. The molecule has 0 aromatic rings. The molecule has 0 saturated carbocycles. The monoisotopic (exact) mass is 1480 g/mol. The van der Waals surface area contributed by atoms with E-state index in [-0.39, 0.29) is 25.7 Å². The van der Waals surface area contributed by atoms with Crippen LogP contribution >= 0.6 is 15.6 Å². The van der Waals surface area contributed by atoms with Crippen LogP contribution in [0.5, 0.6) is 0 Å². The van der Waals surface area contributed by atoms with Crippen LogP contribution in [0, 0.1) is 5.92 Å². The van der Waals surface area contributed by atoms with Crippen molar-refractivity contribution in [3.8, 4) is 0 Å². The number of ether oxygens (including phenoxy) is 4. The van der Waals surface area contributed by atoms with Crippen LogP contribution < -0.4 is 0 Å². The minimum absolute atomic E-state index is 0.107. The number of carbonyl (C=O) groups is 4. The summed E-state index contributed by atoms with van der Waals surface area (Å²) in [5, 5.41) is 10.6. The molecule has 19 heteroatoms. The lowest BCUT2D eigenvalue weighted by molar-refractivity contribution is -0.161. The fourth-order valence-corrected chi connectivity index (χ4v) is 14.3. The number of rotatable bonds is 82. The quantitative estimate of drug-likeness (QED) is 0.0222. The molecule has 0 spiro atoms. The second-order valence-corrected chi connectivity index (χ2v) is 32.9. The molecule has 3 N–H and O–H groups in total. The molecule has 5 atom stereocenters. The third-order valence-corrected chi connectivity index (χ3v) is 21.2. The number of aliphatic hydroxyl groups is 1. The number of phosphoric acid groups is 2. The molecule has 0 aliphatic rings. The van der Waals surface area contributed by atoms with Gasteiger partial charge in [0.15, 0.2) is 12.2 Å². The molecule has 0 aromatic carbocycles. The zero-order chi connectivity index (χ0) is 74.1. The van der Waals surface area contributed by atoms with Crippen LogP contribution in [0.1, 0.15) is 439 Å². The average molecular weight is 1480 g/mol. The second-order valence-electron chi connectivity index (χ2n) is 30.0. The number of phosphoric ester groups is 2. The number of hydrogen-bond acceptors (Lipinski definition) is 15. The van der Waals surface area contributed by atoms with Gasteiger partial charge in [-0.2, -0.15) is 0 Å². The minimum Gasteiger partial charge on any atom is -0.462 e. The van der Waals surface area contributed by atoms with Crippen molar-refractivity contribution in [3.05, 3.63) is 0 Å². The molecule has 0 rings (SSSR count). The molecule has 0 heterocycles. The normalized spacial score (nSPS) is 13.8. The Morgan fingerprint density at radius 3 is 0.673 bits per heavy atom. The van der Waals surface area contributed by atoms with E-state index in [1.807, 2.05) is 0 Å². The highest BCUT2D eigenvalue weighted by atomic mass is 31.2. The van der Waals surface area contributed by atoms with Gasteiger partial charge in [0, 0.05) is 25.7 Å². The number of aliphatic hydroxyl groups excluding tert-OH is 1. The van der Waals surface area contributed by atoms with Gasteiger partial charge in [-0.15, -0.1) is 0 Å². The van der Waals surface area contributed by atoms with Gasteiger partial charge in [-0.25, -0.2) is 9.13 Å². The Morgan fingerprint density at radius 1 is 0.267 bits per heavy atom. The van der Waals surface area contributed by atoms with Gasteiger partial charge in [0.25, 0.3) is 0 Å². The molecule has 0 bridgehead atoms. The van der Waals surface area contributed by atoms with Crippen LogP contribution in [-0.2, 0) is 65.4 Å². The molecule has 2 unspecified atom stereocenters. The summed E-state index contributed by atoms with van der Waals surface area (Å²) in [4.78, 5) is 73.0. The van der Waals surface area contributed by atoms with Crippen molar-refractivity contribution < 1.29 is 80.2 Å². The largest absolute Gasteiger partial charge is 0.472 e. The maximum atomic E-state index is 13.1. The van der Waals surface area contributed by atoms with Crippen molar-refractivity contribution in [3.63, 3.8) is 0 Å². The van der Waals surface area contributed by atoms with Crippen molar-refractivity contribution in [1.82, 2.24) is 0 Å². The summed E-state index contributed by atoms with van der Waals surface area (Å²) in [5.41, 5.74) is 0. The Labute approximate surface area is 619 Å². The summed E-state index contributed by atoms with van der Waals surface area (Å²) in [5.74, 6) is -1.33. The van der Waals surface area contributed by atoms with Gasteiger partial charge in [-0.3, -0.25) is 37.3 Å². The topological polar surface area (TPSA) is 237 Å². The van der Waals surface area contributed by atoms with Crippen LogP contribution in [0.3, 0.4) is 0 Å². The van der Waals surface area contributed by atoms with E-state index in [1.165, 1.54) is 263 Å². The molecule has 0 radical (unpaired) electrons. The molecule has 0 aliphatic carbocycles. The van der Waals surface area contributed by atoms with Crippen LogP contribution in [0.15, 0.2) is 0 Å². The highest BCUT2D eigenvalue weighted by Crippen LogP contribution is 2.45. The van der Waals surface area contributed by atoms with Gasteiger partial charge in [-0.1, -0.05) is 388 Å². The molecule has 0 saturated heterocycles. The van der Waals surface area contributed by atoms with E-state index < -0.39 is 97.5 Å². The highest BCUT2D eigenvalue weighted by Gasteiger charge is 2.30. The van der Waals surface area contributed by atoms with E-state index in [0.717, 1.165) is 95.8 Å². The van der Waals surface area contributed by atoms with Gasteiger partial charge in [0.2, 0.25) is 0 Å². The minimum atomic E-state index is -4.96. The van der Waals surface area contributed by atoms with Gasteiger partial charge in [0.1, 0.15) is 19.3 Å². The summed E-state index contributed by atoms with van der Waals surface area (Å²) in [6.45, 7) is 7.33. The first-order chi connectivity index (χ1) is 49.0. The standard InChI is InChI=1S/C82H160O17P2/c1-6-9-12-15-18-21-23-25-27-29-30-31-33-35-37-42-47-52-57-62-67-81(86)99-78(72-93-80(85)66-61-56-51-46-41-36-34-32-28-26-24-22-19-16-13-10-7-2)74-97-101(90,91)95-70-76(83)69-94-100(88,89)96-73-77(71-92-79(84)65-60-55-50-44-20-17-14-11-8-3)98-82(87)68-63-58-53-48-43-39-38-40-45-49-54-59-64-75(4)5/h75-78,83H,6-74H2,1-5H3,(H,88,89)(H,90,91)/t76-,77+,78+/m0/s1. The molecular weight excluding hydrogens is 1320 g/mol. The second kappa shape index (κ2) is 74.9. The van der Waals surface area contributed by atoms with E-state index in [9.17, 15) is 43.2 Å². The van der Waals surface area contributed by atoms with Gasteiger partial charge in [0.05, 0.1) is 26.4 Å². The molecule has 101 heavy (non-hydrogen) atoms. The van der Waals surface area contributed by atoms with Crippen LogP contribution in [0.4, 0.5) is 0 Å². The number of unbranched alkanes of at least 4 members (excludes halogenated alkanes) is 54. The molecule has 0 aromatic heterocycles. The molecule has 0 aliphatic heterocycles.